The van der Waals surface area contributed by atoms with Gasteiger partial charge in [-0.25, -0.2) is 8.42 Å². The van der Waals surface area contributed by atoms with Gasteiger partial charge in [-0.2, -0.15) is 13.2 Å². The third-order valence-electron chi connectivity index (χ3n) is 5.65. The van der Waals surface area contributed by atoms with Crippen LogP contribution in [-0.4, -0.2) is 50.0 Å². The highest BCUT2D eigenvalue weighted by atomic mass is 32.2. The van der Waals surface area contributed by atoms with Gasteiger partial charge < -0.3 is 10.2 Å². The second-order valence-electron chi connectivity index (χ2n) is 9.34. The van der Waals surface area contributed by atoms with Crippen molar-refractivity contribution in [3.8, 4) is 0 Å². The quantitative estimate of drug-likeness (QED) is 0.454. The summed E-state index contributed by atoms with van der Waals surface area (Å²) in [4.78, 5) is 27.4. The summed E-state index contributed by atoms with van der Waals surface area (Å²) < 4.78 is 65.0. The first-order valence-corrected chi connectivity index (χ1v) is 13.7. The van der Waals surface area contributed by atoms with Gasteiger partial charge in [-0.15, -0.1) is 0 Å². The lowest BCUT2D eigenvalue weighted by molar-refractivity contribution is -0.140. The summed E-state index contributed by atoms with van der Waals surface area (Å²) in [6.07, 6.45) is -3.78. The molecule has 0 aromatic heterocycles. The fourth-order valence-corrected chi connectivity index (χ4v) is 4.79. The van der Waals surface area contributed by atoms with Crippen molar-refractivity contribution in [1.82, 2.24) is 10.2 Å². The number of amides is 2. The minimum atomic E-state index is -4.63. The summed E-state index contributed by atoms with van der Waals surface area (Å²) in [6.45, 7) is 7.14. The molecule has 0 saturated heterocycles. The average Bonchev–Trinajstić information content (AvgIpc) is 2.78. The van der Waals surface area contributed by atoms with E-state index in [1.54, 1.807) is 6.92 Å². The number of nitrogens with one attached hydrogen (secondary N) is 1. The van der Waals surface area contributed by atoms with Crippen LogP contribution < -0.4 is 9.62 Å². The number of hydrogen-bond acceptors (Lipinski definition) is 4. The third kappa shape index (κ3) is 9.07. The first kappa shape index (κ1) is 30.1. The topological polar surface area (TPSA) is 86.8 Å². The predicted molar refractivity (Wildman–Crippen MR) is 137 cm³/mol. The van der Waals surface area contributed by atoms with Gasteiger partial charge in [-0.05, 0) is 57.9 Å². The molecule has 2 aromatic carbocycles. The number of carbonyl (C=O) groups excluding carboxylic acids is 2. The maximum Gasteiger partial charge on any atom is 0.416 e. The minimum Gasteiger partial charge on any atom is -0.352 e. The molecule has 0 aliphatic heterocycles. The highest BCUT2D eigenvalue weighted by Crippen LogP contribution is 2.32. The molecule has 0 unspecified atom stereocenters. The number of benzene rings is 2. The Hall–Kier alpha value is -3.08. The first-order valence-electron chi connectivity index (χ1n) is 11.9. The Bertz CT molecular complexity index is 1200. The normalized spacial score (nSPS) is 12.8. The number of sulfonamides is 1. The van der Waals surface area contributed by atoms with Crippen LogP contribution in [0.5, 0.6) is 0 Å². The van der Waals surface area contributed by atoms with Gasteiger partial charge in [0.05, 0.1) is 17.5 Å². The Morgan fingerprint density at radius 3 is 2.24 bits per heavy atom. The van der Waals surface area contributed by atoms with E-state index < -0.39 is 27.8 Å². The van der Waals surface area contributed by atoms with Gasteiger partial charge in [0, 0.05) is 25.6 Å². The zero-order chi connectivity index (χ0) is 28.0. The molecule has 0 saturated carbocycles. The van der Waals surface area contributed by atoms with Gasteiger partial charge in [0.25, 0.3) is 0 Å². The van der Waals surface area contributed by atoms with E-state index in [4.69, 9.17) is 0 Å². The SMILES string of the molecule is Cc1cccc(CN(C(=O)CCCN(c2cccc(C(F)(F)F)c2)S(C)(=O)=O)[C@H](C)C(=O)NC(C)C)c1. The van der Waals surface area contributed by atoms with E-state index in [1.165, 1.54) is 11.0 Å². The lowest BCUT2D eigenvalue weighted by Crippen LogP contribution is -2.49. The van der Waals surface area contributed by atoms with E-state index in [2.05, 4.69) is 5.32 Å². The maximum absolute atomic E-state index is 13.2. The summed E-state index contributed by atoms with van der Waals surface area (Å²) in [5.41, 5.74) is 0.725. The van der Waals surface area contributed by atoms with Crippen LogP contribution >= 0.6 is 0 Å². The van der Waals surface area contributed by atoms with Gasteiger partial charge in [0.1, 0.15) is 6.04 Å². The molecule has 0 heterocycles. The highest BCUT2D eigenvalue weighted by molar-refractivity contribution is 7.92. The molecule has 2 amide bonds. The molecule has 37 heavy (non-hydrogen) atoms. The summed E-state index contributed by atoms with van der Waals surface area (Å²) in [5.74, 6) is -0.692. The second-order valence-corrected chi connectivity index (χ2v) is 11.2. The number of anilines is 1. The van der Waals surface area contributed by atoms with Crippen molar-refractivity contribution in [2.45, 2.75) is 65.3 Å². The lowest BCUT2D eigenvalue weighted by Gasteiger charge is -2.30. The molecule has 7 nitrogen and oxygen atoms in total. The molecule has 0 aliphatic carbocycles. The number of hydrogen-bond donors (Lipinski definition) is 1. The predicted octanol–water partition coefficient (Wildman–Crippen LogP) is 4.50. The molecule has 0 fully saturated rings. The van der Waals surface area contributed by atoms with E-state index in [-0.39, 0.29) is 49.5 Å². The monoisotopic (exact) mass is 541 g/mol. The van der Waals surface area contributed by atoms with Crippen LogP contribution in [0.2, 0.25) is 0 Å². The van der Waals surface area contributed by atoms with Crippen molar-refractivity contribution in [3.63, 3.8) is 0 Å². The molecule has 2 aromatic rings. The van der Waals surface area contributed by atoms with Crippen LogP contribution in [0.3, 0.4) is 0 Å². The molecule has 0 aliphatic rings. The number of carbonyl (C=O) groups is 2. The molecule has 0 radical (unpaired) electrons. The standard InChI is InChI=1S/C26H34F3N3O4S/c1-18(2)30-25(34)20(4)31(17-21-10-6-9-19(3)15-21)24(33)13-8-14-32(37(5,35)36)23-12-7-11-22(16-23)26(27,28)29/h6-7,9-12,15-16,18,20H,8,13-14,17H2,1-5H3,(H,30,34)/t20-/m1/s1. The molecule has 204 valence electrons. The first-order chi connectivity index (χ1) is 17.1. The zero-order valence-corrected chi connectivity index (χ0v) is 22.5. The van der Waals surface area contributed by atoms with Crippen molar-refractivity contribution in [2.75, 3.05) is 17.1 Å². The lowest BCUT2D eigenvalue weighted by atomic mass is 10.1. The Balaban J connectivity index is 2.22. The van der Waals surface area contributed by atoms with Gasteiger partial charge in [-0.3, -0.25) is 13.9 Å². The van der Waals surface area contributed by atoms with Crippen LogP contribution in [0, 0.1) is 6.92 Å². The minimum absolute atomic E-state index is 0.0466. The summed E-state index contributed by atoms with van der Waals surface area (Å²) in [6, 6.07) is 10.7. The van der Waals surface area contributed by atoms with Gasteiger partial charge in [0.15, 0.2) is 0 Å². The number of halogens is 3. The Kier molecular flexibility index (Phi) is 10.1. The van der Waals surface area contributed by atoms with Crippen LogP contribution in [-0.2, 0) is 32.3 Å². The van der Waals surface area contributed by atoms with Crippen LogP contribution in [0.25, 0.3) is 0 Å². The zero-order valence-electron chi connectivity index (χ0n) is 21.7. The van der Waals surface area contributed by atoms with E-state index in [1.807, 2.05) is 45.0 Å². The molecule has 0 bridgehead atoms. The molecule has 0 spiro atoms. The third-order valence-corrected chi connectivity index (χ3v) is 6.84. The van der Waals surface area contributed by atoms with Crippen molar-refractivity contribution in [1.29, 1.82) is 0 Å². The number of alkyl halides is 3. The number of rotatable bonds is 11. The van der Waals surface area contributed by atoms with Crippen LogP contribution in [0.15, 0.2) is 48.5 Å². The van der Waals surface area contributed by atoms with Crippen LogP contribution in [0.1, 0.15) is 50.3 Å². The van der Waals surface area contributed by atoms with E-state index in [9.17, 15) is 31.2 Å². The fraction of sp³-hybridized carbons (Fsp3) is 0.462. The average molecular weight is 542 g/mol. The Labute approximate surface area is 216 Å². The Morgan fingerprint density at radius 2 is 1.68 bits per heavy atom. The fourth-order valence-electron chi connectivity index (χ4n) is 3.84. The van der Waals surface area contributed by atoms with E-state index in [0.717, 1.165) is 39.9 Å². The van der Waals surface area contributed by atoms with E-state index >= 15 is 0 Å². The van der Waals surface area contributed by atoms with Crippen LogP contribution in [0.4, 0.5) is 18.9 Å². The molecule has 1 atom stereocenters. The van der Waals surface area contributed by atoms with Gasteiger partial charge in [0.2, 0.25) is 21.8 Å². The smallest absolute Gasteiger partial charge is 0.352 e. The Morgan fingerprint density at radius 1 is 1.03 bits per heavy atom. The molecule has 11 heteroatoms. The molecular weight excluding hydrogens is 507 g/mol. The van der Waals surface area contributed by atoms with Crippen molar-refractivity contribution >= 4 is 27.5 Å². The second kappa shape index (κ2) is 12.4. The van der Waals surface area contributed by atoms with E-state index in [0.29, 0.717) is 0 Å². The summed E-state index contributed by atoms with van der Waals surface area (Å²) in [7, 11) is -3.92. The van der Waals surface area contributed by atoms with Crippen molar-refractivity contribution in [2.24, 2.45) is 0 Å². The van der Waals surface area contributed by atoms with Crippen molar-refractivity contribution < 1.29 is 31.2 Å². The van der Waals surface area contributed by atoms with Gasteiger partial charge >= 0.3 is 6.18 Å². The number of nitrogens with zero attached hydrogens (tertiary/aromatic N) is 2. The maximum atomic E-state index is 13.2. The highest BCUT2D eigenvalue weighted by Gasteiger charge is 2.32. The summed E-state index contributed by atoms with van der Waals surface area (Å²) >= 11 is 0. The summed E-state index contributed by atoms with van der Waals surface area (Å²) in [5, 5.41) is 2.80. The van der Waals surface area contributed by atoms with Crippen molar-refractivity contribution in [3.05, 3.63) is 65.2 Å². The molecule has 2 rings (SSSR count). The molecular formula is C26H34F3N3O4S. The van der Waals surface area contributed by atoms with Gasteiger partial charge in [-0.1, -0.05) is 35.9 Å². The largest absolute Gasteiger partial charge is 0.416 e. The number of aryl methyl sites for hydroxylation is 1. The molecule has 1 N–H and O–H groups in total.